The Hall–Kier alpha value is -2.36. The van der Waals surface area contributed by atoms with Crippen LogP contribution in [0.15, 0.2) is 41.4 Å². The molecule has 0 saturated heterocycles. The summed E-state index contributed by atoms with van der Waals surface area (Å²) in [6.07, 6.45) is 2.18. The lowest BCUT2D eigenvalue weighted by Gasteiger charge is -2.11. The van der Waals surface area contributed by atoms with E-state index in [9.17, 15) is 13.2 Å². The largest absolute Gasteiger partial charge is 0.490 e. The average molecular weight is 413 g/mol. The molecule has 1 aliphatic rings. The molecule has 0 spiro atoms. The van der Waals surface area contributed by atoms with E-state index >= 15 is 0 Å². The summed E-state index contributed by atoms with van der Waals surface area (Å²) in [5.41, 5.74) is 0.638. The van der Waals surface area contributed by atoms with Crippen LogP contribution in [0.5, 0.6) is 11.5 Å². The molecule has 10 heteroatoms. The van der Waals surface area contributed by atoms with E-state index in [0.717, 1.165) is 0 Å². The molecule has 1 aromatic heterocycles. The summed E-state index contributed by atoms with van der Waals surface area (Å²) in [6, 6.07) is 7.51. The Labute approximate surface area is 161 Å². The predicted octanol–water partition coefficient (Wildman–Crippen LogP) is 1.92. The number of benzene rings is 1. The van der Waals surface area contributed by atoms with E-state index in [2.05, 4.69) is 9.71 Å². The molecule has 0 saturated carbocycles. The van der Waals surface area contributed by atoms with Crippen LogP contribution >= 0.6 is 11.6 Å². The minimum atomic E-state index is -3.91. The Morgan fingerprint density at radius 2 is 1.96 bits per heavy atom. The second-order valence-electron chi connectivity index (χ2n) is 5.63. The lowest BCUT2D eigenvalue weighted by atomic mass is 10.3. The van der Waals surface area contributed by atoms with Crippen molar-refractivity contribution in [1.29, 1.82) is 0 Å². The molecule has 1 aliphatic heterocycles. The van der Waals surface area contributed by atoms with E-state index in [4.69, 9.17) is 25.8 Å². The number of nitrogens with zero attached hydrogens (tertiary/aromatic N) is 1. The Kier molecular flexibility index (Phi) is 6.15. The molecular weight excluding hydrogens is 396 g/mol. The highest BCUT2D eigenvalue weighted by Crippen LogP contribution is 2.31. The number of aromatic nitrogens is 1. The second-order valence-corrected chi connectivity index (χ2v) is 7.79. The van der Waals surface area contributed by atoms with E-state index < -0.39 is 22.5 Å². The van der Waals surface area contributed by atoms with Crippen molar-refractivity contribution in [3.8, 4) is 11.5 Å². The molecule has 0 unspecified atom stereocenters. The maximum atomic E-state index is 12.4. The summed E-state index contributed by atoms with van der Waals surface area (Å²) in [5, 5.41) is 0.327. The van der Waals surface area contributed by atoms with Gasteiger partial charge in [-0.2, -0.15) is 4.72 Å². The van der Waals surface area contributed by atoms with E-state index in [1.165, 1.54) is 24.4 Å². The SMILES string of the molecule is O=C(CNS(=O)(=O)c1ccc2c(c1)OCCCO2)OCc1ccc(Cl)nc1. The summed E-state index contributed by atoms with van der Waals surface area (Å²) in [4.78, 5) is 15.6. The molecule has 1 N–H and O–H groups in total. The number of sulfonamides is 1. The third-order valence-corrected chi connectivity index (χ3v) is 5.25. The quantitative estimate of drug-likeness (QED) is 0.571. The molecule has 0 radical (unpaired) electrons. The molecule has 3 rings (SSSR count). The molecule has 0 fully saturated rings. The lowest BCUT2D eigenvalue weighted by Crippen LogP contribution is -2.30. The lowest BCUT2D eigenvalue weighted by molar-refractivity contribution is -0.143. The van der Waals surface area contributed by atoms with Crippen molar-refractivity contribution >= 4 is 27.6 Å². The summed E-state index contributed by atoms with van der Waals surface area (Å²) in [6.45, 7) is 0.411. The number of hydrogen-bond acceptors (Lipinski definition) is 7. The zero-order chi connectivity index (χ0) is 19.3. The number of nitrogens with one attached hydrogen (secondary N) is 1. The second kappa shape index (κ2) is 8.55. The van der Waals surface area contributed by atoms with Crippen LogP contribution in [0.25, 0.3) is 0 Å². The van der Waals surface area contributed by atoms with Crippen LogP contribution in [-0.2, 0) is 26.2 Å². The van der Waals surface area contributed by atoms with Crippen LogP contribution < -0.4 is 14.2 Å². The summed E-state index contributed by atoms with van der Waals surface area (Å²) >= 11 is 5.67. The smallest absolute Gasteiger partial charge is 0.321 e. The number of rotatable bonds is 6. The molecule has 1 aromatic carbocycles. The third kappa shape index (κ3) is 5.31. The van der Waals surface area contributed by atoms with Gasteiger partial charge in [-0.25, -0.2) is 13.4 Å². The first-order valence-electron chi connectivity index (χ1n) is 8.09. The Bertz CT molecular complexity index is 918. The van der Waals surface area contributed by atoms with Gasteiger partial charge in [0.2, 0.25) is 10.0 Å². The van der Waals surface area contributed by atoms with Crippen molar-refractivity contribution in [2.75, 3.05) is 19.8 Å². The number of carbonyl (C=O) groups is 1. The van der Waals surface area contributed by atoms with Gasteiger partial charge in [0.1, 0.15) is 18.3 Å². The van der Waals surface area contributed by atoms with Gasteiger partial charge in [-0.05, 0) is 18.2 Å². The predicted molar refractivity (Wildman–Crippen MR) is 96.3 cm³/mol. The number of halogens is 1. The highest BCUT2D eigenvalue weighted by atomic mass is 35.5. The highest BCUT2D eigenvalue weighted by molar-refractivity contribution is 7.89. The molecule has 0 bridgehead atoms. The fourth-order valence-electron chi connectivity index (χ4n) is 2.25. The van der Waals surface area contributed by atoms with Crippen molar-refractivity contribution in [2.24, 2.45) is 0 Å². The Morgan fingerprint density at radius 1 is 1.19 bits per heavy atom. The molecule has 2 aromatic rings. The average Bonchev–Trinajstić information content (AvgIpc) is 2.91. The van der Waals surface area contributed by atoms with Gasteiger partial charge >= 0.3 is 5.97 Å². The van der Waals surface area contributed by atoms with Crippen molar-refractivity contribution < 1.29 is 27.4 Å². The van der Waals surface area contributed by atoms with Crippen LogP contribution in [0.3, 0.4) is 0 Å². The standard InChI is InChI=1S/C17H17ClN2O6S/c18-16-5-2-12(9-19-16)11-26-17(21)10-20-27(22,23)13-3-4-14-15(8-13)25-7-1-6-24-14/h2-5,8-9,20H,1,6-7,10-11H2. The zero-order valence-electron chi connectivity index (χ0n) is 14.2. The van der Waals surface area contributed by atoms with Crippen molar-refractivity contribution in [2.45, 2.75) is 17.9 Å². The topological polar surface area (TPSA) is 104 Å². The monoisotopic (exact) mass is 412 g/mol. The number of pyridine rings is 1. The van der Waals surface area contributed by atoms with E-state index in [0.29, 0.717) is 41.9 Å². The highest BCUT2D eigenvalue weighted by Gasteiger charge is 2.20. The molecule has 27 heavy (non-hydrogen) atoms. The molecule has 2 heterocycles. The minimum Gasteiger partial charge on any atom is -0.490 e. The van der Waals surface area contributed by atoms with Gasteiger partial charge in [0.15, 0.2) is 11.5 Å². The number of hydrogen-bond donors (Lipinski definition) is 1. The van der Waals surface area contributed by atoms with Crippen LogP contribution in [0.2, 0.25) is 5.15 Å². The van der Waals surface area contributed by atoms with Crippen LogP contribution in [0.1, 0.15) is 12.0 Å². The summed E-state index contributed by atoms with van der Waals surface area (Å²) in [5.74, 6) is 0.124. The fourth-order valence-corrected chi connectivity index (χ4v) is 3.35. The first-order valence-corrected chi connectivity index (χ1v) is 9.95. The van der Waals surface area contributed by atoms with Gasteiger partial charge in [-0.1, -0.05) is 17.7 Å². The van der Waals surface area contributed by atoms with Gasteiger partial charge in [-0.3, -0.25) is 4.79 Å². The van der Waals surface area contributed by atoms with Crippen molar-refractivity contribution in [3.63, 3.8) is 0 Å². The number of esters is 1. The molecular formula is C17H17ClN2O6S. The van der Waals surface area contributed by atoms with Crippen LogP contribution in [0, 0.1) is 0 Å². The molecule has 0 atom stereocenters. The zero-order valence-corrected chi connectivity index (χ0v) is 15.8. The van der Waals surface area contributed by atoms with Gasteiger partial charge in [0.25, 0.3) is 0 Å². The number of ether oxygens (including phenoxy) is 3. The summed E-state index contributed by atoms with van der Waals surface area (Å²) < 4.78 is 42.9. The fraction of sp³-hybridized carbons (Fsp3) is 0.294. The van der Waals surface area contributed by atoms with Crippen molar-refractivity contribution in [3.05, 3.63) is 47.2 Å². The van der Waals surface area contributed by atoms with Gasteiger partial charge < -0.3 is 14.2 Å². The molecule has 0 amide bonds. The number of carbonyl (C=O) groups excluding carboxylic acids is 1. The minimum absolute atomic E-state index is 0.0264. The van der Waals surface area contributed by atoms with Crippen LogP contribution in [0.4, 0.5) is 0 Å². The Morgan fingerprint density at radius 3 is 2.70 bits per heavy atom. The van der Waals surface area contributed by atoms with E-state index in [1.807, 2.05) is 0 Å². The normalized spacial score (nSPS) is 13.7. The maximum absolute atomic E-state index is 12.4. The third-order valence-electron chi connectivity index (χ3n) is 3.62. The number of fused-ring (bicyclic) bond motifs is 1. The molecule has 144 valence electrons. The van der Waals surface area contributed by atoms with Crippen LogP contribution in [-0.4, -0.2) is 39.1 Å². The van der Waals surface area contributed by atoms with Crippen molar-refractivity contribution in [1.82, 2.24) is 9.71 Å². The summed E-state index contributed by atoms with van der Waals surface area (Å²) in [7, 11) is -3.91. The van der Waals surface area contributed by atoms with E-state index in [1.54, 1.807) is 12.1 Å². The Balaban J connectivity index is 1.57. The van der Waals surface area contributed by atoms with Gasteiger partial charge in [0.05, 0.1) is 18.1 Å². The van der Waals surface area contributed by atoms with Gasteiger partial charge in [-0.15, -0.1) is 0 Å². The first-order chi connectivity index (χ1) is 12.9. The maximum Gasteiger partial charge on any atom is 0.321 e. The first kappa shape index (κ1) is 19.4. The molecule has 0 aliphatic carbocycles. The van der Waals surface area contributed by atoms with E-state index in [-0.39, 0.29) is 11.5 Å². The molecule has 8 nitrogen and oxygen atoms in total. The van der Waals surface area contributed by atoms with Gasteiger partial charge in [0, 0.05) is 24.2 Å².